The molecule has 116 valence electrons. The summed E-state index contributed by atoms with van der Waals surface area (Å²) in [6, 6.07) is 5.19. The minimum Gasteiger partial charge on any atom is -0.317 e. The molecule has 1 aromatic carbocycles. The summed E-state index contributed by atoms with van der Waals surface area (Å²) in [6.07, 6.45) is 2.40. The van der Waals surface area contributed by atoms with E-state index in [4.69, 9.17) is 0 Å². The number of non-ortho nitro benzene ring substituents is 1. The molecule has 1 heterocycles. The smallest absolute Gasteiger partial charge is 0.270 e. The van der Waals surface area contributed by atoms with Crippen molar-refractivity contribution in [2.24, 2.45) is 5.92 Å². The van der Waals surface area contributed by atoms with Gasteiger partial charge in [-0.1, -0.05) is 22.9 Å². The quantitative estimate of drug-likeness (QED) is 0.628. The zero-order valence-electron chi connectivity index (χ0n) is 12.3. The Morgan fingerprint density at radius 3 is 2.71 bits per heavy atom. The molecule has 21 heavy (non-hydrogen) atoms. The first kappa shape index (κ1) is 16.4. The summed E-state index contributed by atoms with van der Waals surface area (Å²) in [4.78, 5) is 13.0. The Hall–Kier alpha value is -0.980. The molecule has 1 saturated heterocycles. The van der Waals surface area contributed by atoms with Crippen LogP contribution in [0, 0.1) is 16.0 Å². The number of hydrogen-bond donors (Lipinski definition) is 1. The normalized spacial score (nSPS) is 17.0. The highest BCUT2D eigenvalue weighted by molar-refractivity contribution is 9.10. The number of piperidine rings is 1. The molecule has 1 N–H and O–H groups in total. The van der Waals surface area contributed by atoms with E-state index in [9.17, 15) is 10.1 Å². The van der Waals surface area contributed by atoms with Crippen molar-refractivity contribution in [1.29, 1.82) is 0 Å². The van der Waals surface area contributed by atoms with Gasteiger partial charge in [0.15, 0.2) is 0 Å². The van der Waals surface area contributed by atoms with Crippen LogP contribution in [0.15, 0.2) is 22.7 Å². The van der Waals surface area contributed by atoms with Gasteiger partial charge in [0.1, 0.15) is 0 Å². The molecule has 6 heteroatoms. The van der Waals surface area contributed by atoms with Crippen LogP contribution in [0.5, 0.6) is 0 Å². The summed E-state index contributed by atoms with van der Waals surface area (Å²) in [7, 11) is 0. The largest absolute Gasteiger partial charge is 0.317 e. The van der Waals surface area contributed by atoms with Crippen LogP contribution in [-0.4, -0.2) is 36.0 Å². The predicted octanol–water partition coefficient (Wildman–Crippen LogP) is 3.18. The molecule has 0 aliphatic carbocycles. The standard InChI is InChI=1S/C15H22BrN3O2/c1-2-17-10-12-3-5-18(6-4-12)11-13-7-14(16)9-15(8-13)19(20)21/h7-9,12,17H,2-6,10-11H2,1H3. The zero-order valence-corrected chi connectivity index (χ0v) is 13.9. The Kier molecular flexibility index (Phi) is 6.14. The molecule has 0 bridgehead atoms. The fourth-order valence-corrected chi connectivity index (χ4v) is 3.31. The molecule has 0 saturated carbocycles. The number of halogens is 1. The van der Waals surface area contributed by atoms with Crippen LogP contribution in [-0.2, 0) is 6.54 Å². The number of hydrogen-bond acceptors (Lipinski definition) is 4. The van der Waals surface area contributed by atoms with E-state index in [0.29, 0.717) is 0 Å². The van der Waals surface area contributed by atoms with Crippen molar-refractivity contribution in [1.82, 2.24) is 10.2 Å². The van der Waals surface area contributed by atoms with E-state index in [1.54, 1.807) is 12.1 Å². The number of benzene rings is 1. The monoisotopic (exact) mass is 355 g/mol. The Morgan fingerprint density at radius 2 is 2.10 bits per heavy atom. The summed E-state index contributed by atoms with van der Waals surface area (Å²) in [5, 5.41) is 14.3. The van der Waals surface area contributed by atoms with Gasteiger partial charge in [-0.25, -0.2) is 0 Å². The number of nitrogens with one attached hydrogen (secondary N) is 1. The van der Waals surface area contributed by atoms with Crippen molar-refractivity contribution in [3.8, 4) is 0 Å². The molecule has 1 fully saturated rings. The Labute approximate surface area is 134 Å². The highest BCUT2D eigenvalue weighted by Gasteiger charge is 2.19. The van der Waals surface area contributed by atoms with Crippen molar-refractivity contribution in [3.63, 3.8) is 0 Å². The molecular formula is C15H22BrN3O2. The van der Waals surface area contributed by atoms with Gasteiger partial charge in [-0.2, -0.15) is 0 Å². The van der Waals surface area contributed by atoms with Gasteiger partial charge in [0, 0.05) is 23.2 Å². The van der Waals surface area contributed by atoms with Gasteiger partial charge in [0.2, 0.25) is 0 Å². The van der Waals surface area contributed by atoms with Crippen molar-refractivity contribution < 1.29 is 4.92 Å². The Morgan fingerprint density at radius 1 is 1.38 bits per heavy atom. The average molecular weight is 356 g/mol. The topological polar surface area (TPSA) is 58.4 Å². The van der Waals surface area contributed by atoms with Gasteiger partial charge < -0.3 is 5.32 Å². The lowest BCUT2D eigenvalue weighted by atomic mass is 9.96. The lowest BCUT2D eigenvalue weighted by molar-refractivity contribution is -0.385. The second-order valence-electron chi connectivity index (χ2n) is 5.60. The molecule has 0 atom stereocenters. The van der Waals surface area contributed by atoms with Crippen molar-refractivity contribution >= 4 is 21.6 Å². The second kappa shape index (κ2) is 7.87. The first-order valence-corrected chi connectivity index (χ1v) is 8.24. The van der Waals surface area contributed by atoms with Crippen molar-refractivity contribution in [2.45, 2.75) is 26.3 Å². The van der Waals surface area contributed by atoms with Gasteiger partial charge in [-0.15, -0.1) is 0 Å². The summed E-state index contributed by atoms with van der Waals surface area (Å²) >= 11 is 3.35. The second-order valence-corrected chi connectivity index (χ2v) is 6.52. The van der Waals surface area contributed by atoms with Crippen molar-refractivity contribution in [3.05, 3.63) is 38.3 Å². The van der Waals surface area contributed by atoms with Gasteiger partial charge in [-0.05, 0) is 56.6 Å². The fraction of sp³-hybridized carbons (Fsp3) is 0.600. The first-order chi connectivity index (χ1) is 10.1. The highest BCUT2D eigenvalue weighted by Crippen LogP contribution is 2.24. The summed E-state index contributed by atoms with van der Waals surface area (Å²) in [5.41, 5.74) is 1.16. The molecule has 5 nitrogen and oxygen atoms in total. The maximum atomic E-state index is 10.9. The molecule has 0 spiro atoms. The third-order valence-corrected chi connectivity index (χ3v) is 4.41. The van der Waals surface area contributed by atoms with Gasteiger partial charge in [-0.3, -0.25) is 15.0 Å². The number of rotatable bonds is 6. The fourth-order valence-electron chi connectivity index (χ4n) is 2.79. The number of nitrogens with zero attached hydrogens (tertiary/aromatic N) is 2. The van der Waals surface area contributed by atoms with Gasteiger partial charge in [0.25, 0.3) is 5.69 Å². The van der Waals surface area contributed by atoms with Gasteiger partial charge >= 0.3 is 0 Å². The summed E-state index contributed by atoms with van der Waals surface area (Å²) < 4.78 is 0.772. The molecule has 0 unspecified atom stereocenters. The summed E-state index contributed by atoms with van der Waals surface area (Å²) in [5.74, 6) is 0.762. The van der Waals surface area contributed by atoms with E-state index < -0.39 is 0 Å². The van der Waals surface area contributed by atoms with Crippen LogP contribution in [0.4, 0.5) is 5.69 Å². The molecule has 1 aliphatic rings. The molecule has 1 aliphatic heterocycles. The average Bonchev–Trinajstić information content (AvgIpc) is 2.46. The predicted molar refractivity (Wildman–Crippen MR) is 87.3 cm³/mol. The van der Waals surface area contributed by atoms with E-state index in [1.807, 2.05) is 6.07 Å². The Balaban J connectivity index is 1.90. The molecule has 0 aromatic heterocycles. The van der Waals surface area contributed by atoms with E-state index >= 15 is 0 Å². The first-order valence-electron chi connectivity index (χ1n) is 7.45. The number of nitro benzene ring substituents is 1. The van der Waals surface area contributed by atoms with Crippen molar-refractivity contribution in [2.75, 3.05) is 26.2 Å². The minimum absolute atomic E-state index is 0.154. The van der Waals surface area contributed by atoms with E-state index in [0.717, 1.165) is 48.7 Å². The van der Waals surface area contributed by atoms with Crippen LogP contribution < -0.4 is 5.32 Å². The van der Waals surface area contributed by atoms with Gasteiger partial charge in [0.05, 0.1) is 4.92 Å². The highest BCUT2D eigenvalue weighted by atomic mass is 79.9. The Bertz CT molecular complexity index is 488. The SMILES string of the molecule is CCNCC1CCN(Cc2cc(Br)cc([N+](=O)[O-])c2)CC1. The van der Waals surface area contributed by atoms with Crippen LogP contribution in [0.3, 0.4) is 0 Å². The van der Waals surface area contributed by atoms with E-state index in [1.165, 1.54) is 12.8 Å². The van der Waals surface area contributed by atoms with Crippen LogP contribution >= 0.6 is 15.9 Å². The summed E-state index contributed by atoms with van der Waals surface area (Å²) in [6.45, 7) is 7.19. The molecule has 0 radical (unpaired) electrons. The van der Waals surface area contributed by atoms with Crippen LogP contribution in [0.25, 0.3) is 0 Å². The van der Waals surface area contributed by atoms with E-state index in [2.05, 4.69) is 33.1 Å². The molecule has 2 rings (SSSR count). The van der Waals surface area contributed by atoms with Crippen LogP contribution in [0.2, 0.25) is 0 Å². The molecular weight excluding hydrogens is 334 g/mol. The van der Waals surface area contributed by atoms with E-state index in [-0.39, 0.29) is 10.6 Å². The number of likely N-dealkylation sites (tertiary alicyclic amines) is 1. The maximum Gasteiger partial charge on any atom is 0.270 e. The lowest BCUT2D eigenvalue weighted by Gasteiger charge is -2.32. The third-order valence-electron chi connectivity index (χ3n) is 3.95. The molecule has 1 aromatic rings. The molecule has 0 amide bonds. The number of nitro groups is 1. The zero-order chi connectivity index (χ0) is 15.2. The minimum atomic E-state index is -0.336. The third kappa shape index (κ3) is 5.05. The maximum absolute atomic E-state index is 10.9. The van der Waals surface area contributed by atoms with Crippen LogP contribution in [0.1, 0.15) is 25.3 Å². The lowest BCUT2D eigenvalue weighted by Crippen LogP contribution is -2.36.